The predicted molar refractivity (Wildman–Crippen MR) is 98.0 cm³/mol. The van der Waals surface area contributed by atoms with Gasteiger partial charge in [0.15, 0.2) is 0 Å². The third-order valence-corrected chi connectivity index (χ3v) is 5.58. The molecule has 1 aliphatic rings. The van der Waals surface area contributed by atoms with Gasteiger partial charge in [0, 0.05) is 57.6 Å². The number of aromatic nitrogens is 2. The van der Waals surface area contributed by atoms with Crippen LogP contribution in [0.3, 0.4) is 0 Å². The highest BCUT2D eigenvalue weighted by molar-refractivity contribution is 7.17. The fourth-order valence-corrected chi connectivity index (χ4v) is 4.03. The Bertz CT molecular complexity index is 688. The highest BCUT2D eigenvalue weighted by Gasteiger charge is 2.23. The molecule has 5 nitrogen and oxygen atoms in total. The van der Waals surface area contributed by atoms with Crippen molar-refractivity contribution in [2.45, 2.75) is 26.3 Å². The smallest absolute Gasteiger partial charge is 0.264 e. The molecule has 7 heteroatoms. The van der Waals surface area contributed by atoms with Gasteiger partial charge in [-0.3, -0.25) is 9.69 Å². The molecule has 2 aromatic heterocycles. The number of halogens is 1. The maximum atomic E-state index is 12.4. The predicted octanol–water partition coefficient (Wildman–Crippen LogP) is 3.18. The van der Waals surface area contributed by atoms with Gasteiger partial charge in [0.1, 0.15) is 5.82 Å². The zero-order valence-corrected chi connectivity index (χ0v) is 15.7. The highest BCUT2D eigenvalue weighted by atomic mass is 35.5. The lowest BCUT2D eigenvalue weighted by atomic mass is 10.2. The van der Waals surface area contributed by atoms with Crippen molar-refractivity contribution in [3.63, 3.8) is 0 Å². The van der Waals surface area contributed by atoms with Crippen LogP contribution in [0.2, 0.25) is 4.34 Å². The number of carbonyl (C=O) groups excluding carboxylic acids is 1. The summed E-state index contributed by atoms with van der Waals surface area (Å²) in [6, 6.07) is 3.60. The van der Waals surface area contributed by atoms with Crippen molar-refractivity contribution in [1.29, 1.82) is 0 Å². The van der Waals surface area contributed by atoms with E-state index in [4.69, 9.17) is 11.6 Å². The summed E-state index contributed by atoms with van der Waals surface area (Å²) in [5.41, 5.74) is 0. The second-order valence-electron chi connectivity index (χ2n) is 6.37. The summed E-state index contributed by atoms with van der Waals surface area (Å²) in [6.45, 7) is 9.64. The second kappa shape index (κ2) is 7.68. The van der Waals surface area contributed by atoms with Crippen LogP contribution < -0.4 is 0 Å². The van der Waals surface area contributed by atoms with Gasteiger partial charge in [-0.2, -0.15) is 0 Å². The molecule has 24 heavy (non-hydrogen) atoms. The summed E-state index contributed by atoms with van der Waals surface area (Å²) in [4.78, 5) is 21.9. The summed E-state index contributed by atoms with van der Waals surface area (Å²) < 4.78 is 2.90. The minimum absolute atomic E-state index is 0.100. The van der Waals surface area contributed by atoms with Gasteiger partial charge in [0.05, 0.1) is 9.21 Å². The van der Waals surface area contributed by atoms with Crippen LogP contribution >= 0.6 is 22.9 Å². The van der Waals surface area contributed by atoms with E-state index in [0.717, 1.165) is 50.0 Å². The quantitative estimate of drug-likeness (QED) is 0.816. The van der Waals surface area contributed by atoms with Crippen molar-refractivity contribution in [3.8, 4) is 0 Å². The molecule has 0 unspecified atom stereocenters. The number of imidazole rings is 1. The lowest BCUT2D eigenvalue weighted by Crippen LogP contribution is -2.49. The van der Waals surface area contributed by atoms with Gasteiger partial charge in [0.2, 0.25) is 0 Å². The lowest BCUT2D eigenvalue weighted by Gasteiger charge is -2.34. The Kier molecular flexibility index (Phi) is 5.58. The van der Waals surface area contributed by atoms with E-state index < -0.39 is 0 Å². The summed E-state index contributed by atoms with van der Waals surface area (Å²) in [6.07, 6.45) is 3.92. The molecule has 0 radical (unpaired) electrons. The minimum Gasteiger partial charge on any atom is -0.335 e. The number of hydrogen-bond donors (Lipinski definition) is 0. The van der Waals surface area contributed by atoms with Crippen molar-refractivity contribution in [1.82, 2.24) is 19.4 Å². The van der Waals surface area contributed by atoms with E-state index in [1.165, 1.54) is 11.3 Å². The van der Waals surface area contributed by atoms with Crippen molar-refractivity contribution in [2.24, 2.45) is 0 Å². The Morgan fingerprint density at radius 1 is 1.25 bits per heavy atom. The van der Waals surface area contributed by atoms with Crippen molar-refractivity contribution < 1.29 is 4.79 Å². The van der Waals surface area contributed by atoms with E-state index in [9.17, 15) is 4.79 Å². The molecule has 0 spiro atoms. The zero-order chi connectivity index (χ0) is 17.1. The number of piperazine rings is 1. The van der Waals surface area contributed by atoms with E-state index >= 15 is 0 Å². The molecule has 3 rings (SSSR count). The third-order valence-electron chi connectivity index (χ3n) is 4.36. The summed E-state index contributed by atoms with van der Waals surface area (Å²) >= 11 is 7.28. The van der Waals surface area contributed by atoms with Gasteiger partial charge in [-0.25, -0.2) is 4.98 Å². The number of carbonyl (C=O) groups is 1. The van der Waals surface area contributed by atoms with Gasteiger partial charge in [-0.1, -0.05) is 25.4 Å². The van der Waals surface area contributed by atoms with E-state index in [-0.39, 0.29) is 5.91 Å². The number of hydrogen-bond acceptors (Lipinski definition) is 4. The monoisotopic (exact) mass is 366 g/mol. The fourth-order valence-electron chi connectivity index (χ4n) is 3.02. The number of nitrogens with zero attached hydrogens (tertiary/aromatic N) is 4. The molecule has 0 bridgehead atoms. The summed E-state index contributed by atoms with van der Waals surface area (Å²) in [5, 5.41) is 0. The van der Waals surface area contributed by atoms with Gasteiger partial charge >= 0.3 is 0 Å². The molecule has 2 aromatic rings. The SMILES string of the molecule is CC(C)c1nccn1CCN1CCN(C(=O)c2ccc(Cl)s2)CC1. The molecule has 0 atom stereocenters. The molecule has 1 fully saturated rings. The molecule has 0 aliphatic carbocycles. The van der Waals surface area contributed by atoms with Crippen molar-refractivity contribution >= 4 is 28.8 Å². The molecule has 1 amide bonds. The summed E-state index contributed by atoms with van der Waals surface area (Å²) in [7, 11) is 0. The highest BCUT2D eigenvalue weighted by Crippen LogP contribution is 2.23. The van der Waals surface area contributed by atoms with Crippen LogP contribution in [0.1, 0.15) is 35.3 Å². The molecule has 1 aliphatic heterocycles. The Balaban J connectivity index is 1.48. The molecule has 130 valence electrons. The van der Waals surface area contributed by atoms with E-state index in [2.05, 4.69) is 34.5 Å². The average Bonchev–Trinajstić information content (AvgIpc) is 3.21. The van der Waals surface area contributed by atoms with Crippen molar-refractivity contribution in [3.05, 3.63) is 39.6 Å². The Morgan fingerprint density at radius 2 is 2.00 bits per heavy atom. The van der Waals surface area contributed by atoms with Crippen LogP contribution in [0, 0.1) is 0 Å². The Hall–Kier alpha value is -1.37. The average molecular weight is 367 g/mol. The van der Waals surface area contributed by atoms with E-state index in [1.54, 1.807) is 6.07 Å². The second-order valence-corrected chi connectivity index (χ2v) is 8.09. The van der Waals surface area contributed by atoms with E-state index in [0.29, 0.717) is 10.3 Å². The fraction of sp³-hybridized carbons (Fsp3) is 0.529. The molecule has 0 N–H and O–H groups in total. The zero-order valence-electron chi connectivity index (χ0n) is 14.1. The van der Waals surface area contributed by atoms with Crippen LogP contribution in [-0.2, 0) is 6.54 Å². The maximum Gasteiger partial charge on any atom is 0.264 e. The first kappa shape index (κ1) is 17.5. The Labute approximate surface area is 151 Å². The topological polar surface area (TPSA) is 41.4 Å². The van der Waals surface area contributed by atoms with E-state index in [1.807, 2.05) is 17.2 Å². The first-order valence-corrected chi connectivity index (χ1v) is 9.52. The molecule has 0 saturated carbocycles. The van der Waals surface area contributed by atoms with Gasteiger partial charge < -0.3 is 9.47 Å². The first-order chi connectivity index (χ1) is 11.5. The third kappa shape index (κ3) is 3.99. The molecule has 1 saturated heterocycles. The van der Waals surface area contributed by atoms with Crippen LogP contribution in [0.15, 0.2) is 24.5 Å². The van der Waals surface area contributed by atoms with Crippen LogP contribution in [0.25, 0.3) is 0 Å². The molecule has 3 heterocycles. The summed E-state index contributed by atoms with van der Waals surface area (Å²) in [5.74, 6) is 1.67. The number of thiophene rings is 1. The largest absolute Gasteiger partial charge is 0.335 e. The van der Waals surface area contributed by atoms with Crippen LogP contribution in [0.4, 0.5) is 0 Å². The molecular weight excluding hydrogens is 344 g/mol. The first-order valence-electron chi connectivity index (χ1n) is 8.32. The number of amides is 1. The van der Waals surface area contributed by atoms with Gasteiger partial charge in [-0.15, -0.1) is 11.3 Å². The molecular formula is C17H23ClN4OS. The Morgan fingerprint density at radius 3 is 2.62 bits per heavy atom. The van der Waals surface area contributed by atoms with Gasteiger partial charge in [-0.05, 0) is 12.1 Å². The van der Waals surface area contributed by atoms with Crippen LogP contribution in [-0.4, -0.2) is 58.0 Å². The standard InChI is InChI=1S/C17H23ClN4OS/c1-13(2)16-19-5-6-21(16)10-7-20-8-11-22(12-9-20)17(23)14-3-4-15(18)24-14/h3-6,13H,7-12H2,1-2H3. The van der Waals surface area contributed by atoms with Crippen molar-refractivity contribution in [2.75, 3.05) is 32.7 Å². The lowest BCUT2D eigenvalue weighted by molar-refractivity contribution is 0.0637. The maximum absolute atomic E-state index is 12.4. The number of rotatable bonds is 5. The molecule has 0 aromatic carbocycles. The normalized spacial score (nSPS) is 16.1. The van der Waals surface area contributed by atoms with Gasteiger partial charge in [0.25, 0.3) is 5.91 Å². The minimum atomic E-state index is 0.100. The van der Waals surface area contributed by atoms with Crippen LogP contribution in [0.5, 0.6) is 0 Å².